The lowest BCUT2D eigenvalue weighted by atomic mass is 9.90. The van der Waals surface area contributed by atoms with Gasteiger partial charge < -0.3 is 15.2 Å². The van der Waals surface area contributed by atoms with Crippen molar-refractivity contribution in [2.24, 2.45) is 5.92 Å². The van der Waals surface area contributed by atoms with E-state index in [-0.39, 0.29) is 24.2 Å². The lowest BCUT2D eigenvalue weighted by Crippen LogP contribution is -2.30. The number of likely N-dealkylation sites (N-methyl/N-ethyl adjacent to an activating group) is 1. The average molecular weight is 351 g/mol. The van der Waals surface area contributed by atoms with Gasteiger partial charge in [0.15, 0.2) is 5.82 Å². The number of carbonyl (C=O) groups is 1. The lowest BCUT2D eigenvalue weighted by molar-refractivity contribution is -0.120. The highest BCUT2D eigenvalue weighted by Crippen LogP contribution is 2.27. The Kier molecular flexibility index (Phi) is 6.34. The van der Waals surface area contributed by atoms with E-state index in [1.54, 1.807) is 0 Å². The van der Waals surface area contributed by atoms with E-state index in [0.29, 0.717) is 30.6 Å². The van der Waals surface area contributed by atoms with Crippen molar-refractivity contribution in [2.45, 2.75) is 38.6 Å². The van der Waals surface area contributed by atoms with Crippen LogP contribution in [0, 0.1) is 5.92 Å². The molecule has 1 amide bonds. The van der Waals surface area contributed by atoms with Crippen LogP contribution in [-0.4, -0.2) is 29.1 Å². The van der Waals surface area contributed by atoms with E-state index in [2.05, 4.69) is 33.8 Å². The van der Waals surface area contributed by atoms with Crippen molar-refractivity contribution in [3.8, 4) is 0 Å². The fraction of sp³-hybridized carbons (Fsp3) is 0.471. The van der Waals surface area contributed by atoms with Gasteiger partial charge in [0.1, 0.15) is 0 Å². The smallest absolute Gasteiger partial charge is 0.227 e. The zero-order valence-corrected chi connectivity index (χ0v) is 14.7. The third-order valence-corrected chi connectivity index (χ3v) is 4.31. The highest BCUT2D eigenvalue weighted by atomic mass is 35.5. The number of nitrogens with one attached hydrogen (secondary N) is 2. The van der Waals surface area contributed by atoms with E-state index in [1.165, 1.54) is 5.56 Å². The second-order valence-corrected chi connectivity index (χ2v) is 6.08. The molecule has 1 aromatic carbocycles. The standard InChI is InChI=1S/C17H22N4O2.ClH/c1-11(18-2)9-15-20-16(23-21-15)8-7-13-10-12-5-3-4-6-14(12)19-17(13)22;/h3-6,11,13,18H,7-10H2,1-2H3,(H,19,22);1H. The van der Waals surface area contributed by atoms with Gasteiger partial charge in [-0.05, 0) is 38.4 Å². The summed E-state index contributed by atoms with van der Waals surface area (Å²) in [4.78, 5) is 16.6. The molecule has 6 nitrogen and oxygen atoms in total. The maximum absolute atomic E-state index is 12.2. The van der Waals surface area contributed by atoms with E-state index in [1.807, 2.05) is 25.2 Å². The molecule has 0 spiro atoms. The van der Waals surface area contributed by atoms with Gasteiger partial charge >= 0.3 is 0 Å². The zero-order chi connectivity index (χ0) is 16.2. The quantitative estimate of drug-likeness (QED) is 0.836. The number of benzene rings is 1. The summed E-state index contributed by atoms with van der Waals surface area (Å²) < 4.78 is 5.29. The van der Waals surface area contributed by atoms with Gasteiger partial charge in [-0.25, -0.2) is 0 Å². The minimum atomic E-state index is -0.0449. The Morgan fingerprint density at radius 1 is 1.42 bits per heavy atom. The van der Waals surface area contributed by atoms with E-state index >= 15 is 0 Å². The highest BCUT2D eigenvalue weighted by molar-refractivity contribution is 5.95. The summed E-state index contributed by atoms with van der Waals surface area (Å²) in [5, 5.41) is 10.1. The van der Waals surface area contributed by atoms with Gasteiger partial charge in [-0.3, -0.25) is 4.79 Å². The molecule has 2 unspecified atom stereocenters. The Hall–Kier alpha value is -1.92. The monoisotopic (exact) mass is 350 g/mol. The molecule has 2 heterocycles. The number of fused-ring (bicyclic) bond motifs is 1. The molecule has 0 fully saturated rings. The third-order valence-electron chi connectivity index (χ3n) is 4.31. The highest BCUT2D eigenvalue weighted by Gasteiger charge is 2.26. The van der Waals surface area contributed by atoms with Crippen molar-refractivity contribution in [2.75, 3.05) is 12.4 Å². The van der Waals surface area contributed by atoms with Crippen molar-refractivity contribution in [1.82, 2.24) is 15.5 Å². The molecule has 3 rings (SSSR count). The van der Waals surface area contributed by atoms with Crippen LogP contribution in [0.5, 0.6) is 0 Å². The molecule has 7 heteroatoms. The maximum atomic E-state index is 12.2. The molecule has 1 aromatic heterocycles. The van der Waals surface area contributed by atoms with Crippen LogP contribution < -0.4 is 10.6 Å². The number of nitrogens with zero attached hydrogens (tertiary/aromatic N) is 2. The van der Waals surface area contributed by atoms with E-state index in [0.717, 1.165) is 18.5 Å². The number of anilines is 1. The van der Waals surface area contributed by atoms with Gasteiger partial charge in [0.25, 0.3) is 0 Å². The Balaban J connectivity index is 0.00000208. The van der Waals surface area contributed by atoms with Crippen LogP contribution in [0.3, 0.4) is 0 Å². The number of para-hydroxylation sites is 1. The molecule has 24 heavy (non-hydrogen) atoms. The normalized spacial score (nSPS) is 17.6. The van der Waals surface area contributed by atoms with Crippen molar-refractivity contribution >= 4 is 24.0 Å². The Labute approximate surface area is 147 Å². The van der Waals surface area contributed by atoms with Gasteiger partial charge in [0.2, 0.25) is 11.8 Å². The molecule has 0 saturated heterocycles. The lowest BCUT2D eigenvalue weighted by Gasteiger charge is -2.24. The van der Waals surface area contributed by atoms with Crippen molar-refractivity contribution in [3.05, 3.63) is 41.5 Å². The predicted molar refractivity (Wildman–Crippen MR) is 94.4 cm³/mol. The number of rotatable bonds is 6. The topological polar surface area (TPSA) is 80.0 Å². The SMILES string of the molecule is CNC(C)Cc1noc(CCC2Cc3ccccc3NC2=O)n1.Cl. The first-order chi connectivity index (χ1) is 11.2. The van der Waals surface area contributed by atoms with E-state index in [4.69, 9.17) is 4.52 Å². The van der Waals surface area contributed by atoms with Crippen LogP contribution in [0.15, 0.2) is 28.8 Å². The van der Waals surface area contributed by atoms with Gasteiger partial charge in [0.05, 0.1) is 0 Å². The summed E-state index contributed by atoms with van der Waals surface area (Å²) in [5.41, 5.74) is 2.11. The van der Waals surface area contributed by atoms with Crippen LogP contribution in [-0.2, 0) is 24.1 Å². The molecule has 2 N–H and O–H groups in total. The molecule has 2 atom stereocenters. The number of amides is 1. The minimum absolute atomic E-state index is 0. The predicted octanol–water partition coefficient (Wildman–Crippen LogP) is 2.39. The van der Waals surface area contributed by atoms with Crippen LogP contribution in [0.25, 0.3) is 0 Å². The molecule has 130 valence electrons. The van der Waals surface area contributed by atoms with Crippen molar-refractivity contribution < 1.29 is 9.32 Å². The van der Waals surface area contributed by atoms with Crippen LogP contribution in [0.1, 0.15) is 30.6 Å². The Morgan fingerprint density at radius 3 is 3.00 bits per heavy atom. The first kappa shape index (κ1) is 18.4. The minimum Gasteiger partial charge on any atom is -0.339 e. The summed E-state index contributed by atoms with van der Waals surface area (Å²) >= 11 is 0. The van der Waals surface area contributed by atoms with Gasteiger partial charge in [-0.15, -0.1) is 12.4 Å². The molecule has 1 aliphatic rings. The summed E-state index contributed by atoms with van der Waals surface area (Å²) in [6.07, 6.45) is 2.83. The van der Waals surface area contributed by atoms with Gasteiger partial charge in [0, 0.05) is 30.5 Å². The second-order valence-electron chi connectivity index (χ2n) is 6.08. The third kappa shape index (κ3) is 4.33. The molecule has 0 bridgehead atoms. The van der Waals surface area contributed by atoms with E-state index in [9.17, 15) is 4.79 Å². The summed E-state index contributed by atoms with van der Waals surface area (Å²) in [5.74, 6) is 1.35. The number of carbonyl (C=O) groups excluding carboxylic acids is 1. The largest absolute Gasteiger partial charge is 0.339 e. The fourth-order valence-electron chi connectivity index (χ4n) is 2.79. The maximum Gasteiger partial charge on any atom is 0.227 e. The van der Waals surface area contributed by atoms with Crippen LogP contribution in [0.4, 0.5) is 5.69 Å². The molecule has 2 aromatic rings. The second kappa shape index (κ2) is 8.26. The molecule has 0 saturated carbocycles. The van der Waals surface area contributed by atoms with Crippen molar-refractivity contribution in [3.63, 3.8) is 0 Å². The van der Waals surface area contributed by atoms with Gasteiger partial charge in [-0.1, -0.05) is 23.4 Å². The molecular formula is C17H23ClN4O2. The fourth-order valence-corrected chi connectivity index (χ4v) is 2.79. The summed E-state index contributed by atoms with van der Waals surface area (Å²) in [6.45, 7) is 2.07. The molecule has 1 aliphatic heterocycles. The van der Waals surface area contributed by atoms with Crippen LogP contribution >= 0.6 is 12.4 Å². The first-order valence-corrected chi connectivity index (χ1v) is 8.03. The number of halogens is 1. The summed E-state index contributed by atoms with van der Waals surface area (Å²) in [7, 11) is 1.91. The zero-order valence-electron chi connectivity index (χ0n) is 13.9. The number of aryl methyl sites for hydroxylation is 1. The molecule has 0 radical (unpaired) electrons. The molecule has 0 aliphatic carbocycles. The number of hydrogen-bond donors (Lipinski definition) is 2. The van der Waals surface area contributed by atoms with E-state index < -0.39 is 0 Å². The average Bonchev–Trinajstić information content (AvgIpc) is 3.00. The first-order valence-electron chi connectivity index (χ1n) is 8.03. The Morgan fingerprint density at radius 2 is 2.21 bits per heavy atom. The molecular weight excluding hydrogens is 328 g/mol. The van der Waals surface area contributed by atoms with Gasteiger partial charge in [-0.2, -0.15) is 4.98 Å². The summed E-state index contributed by atoms with van der Waals surface area (Å²) in [6, 6.07) is 8.25. The number of hydrogen-bond acceptors (Lipinski definition) is 5. The Bertz CT molecular complexity index is 689. The van der Waals surface area contributed by atoms with Crippen LogP contribution in [0.2, 0.25) is 0 Å². The van der Waals surface area contributed by atoms with Crippen molar-refractivity contribution in [1.29, 1.82) is 0 Å². The number of aromatic nitrogens is 2.